The molecule has 0 radical (unpaired) electrons. The van der Waals surface area contributed by atoms with Gasteiger partial charge in [-0.15, -0.1) is 0 Å². The third-order valence-corrected chi connectivity index (χ3v) is 2.21. The number of hydrogen-bond donors (Lipinski definition) is 1. The molecule has 1 aromatic heterocycles. The molecule has 0 saturated heterocycles. The molecule has 64 valence electrons. The quantitative estimate of drug-likeness (QED) is 0.598. The number of hydrogen-bond acceptors (Lipinski definition) is 2. The number of aromatic nitrogens is 1. The lowest BCUT2D eigenvalue weighted by Crippen LogP contribution is -2.40. The summed E-state index contributed by atoms with van der Waals surface area (Å²) in [4.78, 5) is 0. The second-order valence-electron chi connectivity index (χ2n) is 2.97. The highest BCUT2D eigenvalue weighted by molar-refractivity contribution is 5.61. The second kappa shape index (κ2) is 2.91. The summed E-state index contributed by atoms with van der Waals surface area (Å²) in [5, 5.41) is 18.4. The maximum absolute atomic E-state index is 9.66. The maximum Gasteiger partial charge on any atom is 0.248 e. The lowest BCUT2D eigenvalue weighted by molar-refractivity contribution is -0.700. The van der Waals surface area contributed by atoms with E-state index in [4.69, 9.17) is 5.26 Å². The minimum Gasteiger partial charge on any atom is -0.502 e. The Bertz CT molecular complexity index is 415. The van der Waals surface area contributed by atoms with E-state index >= 15 is 0 Å². The van der Waals surface area contributed by atoms with Gasteiger partial charge in [-0.25, -0.2) is 0 Å². The molecule has 0 aromatic carbocycles. The van der Waals surface area contributed by atoms with Crippen molar-refractivity contribution in [3.63, 3.8) is 0 Å². The van der Waals surface area contributed by atoms with Crippen molar-refractivity contribution in [3.05, 3.63) is 35.7 Å². The van der Waals surface area contributed by atoms with Gasteiger partial charge < -0.3 is 5.11 Å². The zero-order valence-corrected chi connectivity index (χ0v) is 7.07. The largest absolute Gasteiger partial charge is 0.502 e. The van der Waals surface area contributed by atoms with Crippen LogP contribution in [0.15, 0.2) is 30.0 Å². The van der Waals surface area contributed by atoms with Gasteiger partial charge in [0.15, 0.2) is 12.7 Å². The van der Waals surface area contributed by atoms with Crippen LogP contribution in [0.5, 0.6) is 0 Å². The zero-order valence-electron chi connectivity index (χ0n) is 7.07. The number of rotatable bonds is 0. The lowest BCUT2D eigenvalue weighted by Gasteiger charge is -2.09. The highest BCUT2D eigenvalue weighted by atomic mass is 16.3. The molecule has 1 aromatic rings. The highest BCUT2D eigenvalue weighted by Gasteiger charge is 2.23. The van der Waals surface area contributed by atoms with Crippen LogP contribution in [0, 0.1) is 11.3 Å². The van der Waals surface area contributed by atoms with Crippen molar-refractivity contribution >= 4 is 5.76 Å². The first-order valence-electron chi connectivity index (χ1n) is 4.14. The van der Waals surface area contributed by atoms with Gasteiger partial charge in [0.25, 0.3) is 0 Å². The van der Waals surface area contributed by atoms with Crippen LogP contribution in [0.2, 0.25) is 0 Å². The number of allylic oxidation sites excluding steroid dienone is 1. The van der Waals surface area contributed by atoms with Gasteiger partial charge in [-0.2, -0.15) is 9.83 Å². The van der Waals surface area contributed by atoms with Crippen LogP contribution < -0.4 is 4.57 Å². The molecule has 0 fully saturated rings. The van der Waals surface area contributed by atoms with Crippen LogP contribution in [-0.2, 0) is 6.54 Å². The molecule has 3 heteroatoms. The number of nitrogens with zero attached hydrogens (tertiary/aromatic N) is 2. The summed E-state index contributed by atoms with van der Waals surface area (Å²) in [6.45, 7) is 0.767. The van der Waals surface area contributed by atoms with E-state index in [1.165, 1.54) is 0 Å². The number of aliphatic hydroxyl groups is 1. The smallest absolute Gasteiger partial charge is 0.248 e. The van der Waals surface area contributed by atoms with Gasteiger partial charge in [0.2, 0.25) is 11.5 Å². The van der Waals surface area contributed by atoms with E-state index < -0.39 is 0 Å². The fourth-order valence-electron chi connectivity index (χ4n) is 1.50. The molecule has 0 aliphatic carbocycles. The van der Waals surface area contributed by atoms with Crippen LogP contribution in [0.4, 0.5) is 0 Å². The van der Waals surface area contributed by atoms with Crippen molar-refractivity contribution in [2.75, 3.05) is 0 Å². The highest BCUT2D eigenvalue weighted by Crippen LogP contribution is 2.18. The van der Waals surface area contributed by atoms with Crippen molar-refractivity contribution in [2.24, 2.45) is 0 Å². The molecule has 13 heavy (non-hydrogen) atoms. The van der Waals surface area contributed by atoms with Crippen LogP contribution in [0.1, 0.15) is 12.1 Å². The Balaban J connectivity index is 2.60. The Morgan fingerprint density at radius 2 is 2.31 bits per heavy atom. The Morgan fingerprint density at radius 3 is 3.08 bits per heavy atom. The minimum atomic E-state index is 0.120. The summed E-state index contributed by atoms with van der Waals surface area (Å²) in [6, 6.07) is 7.58. The summed E-state index contributed by atoms with van der Waals surface area (Å²) < 4.78 is 1.94. The Morgan fingerprint density at radius 1 is 1.46 bits per heavy atom. The van der Waals surface area contributed by atoms with Gasteiger partial charge in [-0.05, 0) is 6.07 Å². The van der Waals surface area contributed by atoms with Gasteiger partial charge in [0, 0.05) is 18.6 Å². The van der Waals surface area contributed by atoms with Gasteiger partial charge in [-0.3, -0.25) is 0 Å². The molecule has 0 amide bonds. The summed E-state index contributed by atoms with van der Waals surface area (Å²) in [6.07, 6.45) is 2.52. The van der Waals surface area contributed by atoms with E-state index in [0.717, 1.165) is 12.2 Å². The Hall–Kier alpha value is -1.82. The summed E-state index contributed by atoms with van der Waals surface area (Å²) in [5.41, 5.74) is 1.21. The molecule has 3 nitrogen and oxygen atoms in total. The molecule has 0 spiro atoms. The van der Waals surface area contributed by atoms with Crippen LogP contribution in [0.3, 0.4) is 0 Å². The van der Waals surface area contributed by atoms with Crippen molar-refractivity contribution in [1.29, 1.82) is 5.26 Å². The Labute approximate surface area is 76.2 Å². The predicted octanol–water partition coefficient (Wildman–Crippen LogP) is 1.17. The van der Waals surface area contributed by atoms with Crippen LogP contribution in [0.25, 0.3) is 5.76 Å². The molecule has 1 aliphatic heterocycles. The average molecular weight is 173 g/mol. The van der Waals surface area contributed by atoms with Crippen molar-refractivity contribution in [1.82, 2.24) is 0 Å². The maximum atomic E-state index is 9.66. The lowest BCUT2D eigenvalue weighted by atomic mass is 10.1. The van der Waals surface area contributed by atoms with E-state index in [0.29, 0.717) is 12.0 Å². The standard InChI is InChI=1S/C10H8N2O/c11-7-8-4-6-12-5-2-1-3-9(12)10(8)13/h1-3,5H,4,6H2/p+1. The van der Waals surface area contributed by atoms with E-state index in [1.807, 2.05) is 35.0 Å². The zero-order chi connectivity index (χ0) is 9.26. The SMILES string of the molecule is N#CC1=C(O)c2cccc[n+]2CC1. The van der Waals surface area contributed by atoms with E-state index in [-0.39, 0.29) is 5.76 Å². The van der Waals surface area contributed by atoms with E-state index in [9.17, 15) is 5.11 Å². The monoisotopic (exact) mass is 173 g/mol. The molecule has 1 N–H and O–H groups in total. The van der Waals surface area contributed by atoms with Crippen molar-refractivity contribution in [3.8, 4) is 6.07 Å². The van der Waals surface area contributed by atoms with E-state index in [1.54, 1.807) is 0 Å². The predicted molar refractivity (Wildman–Crippen MR) is 46.4 cm³/mol. The average Bonchev–Trinajstić information content (AvgIpc) is 2.19. The fourth-order valence-corrected chi connectivity index (χ4v) is 1.50. The number of aliphatic hydroxyl groups excluding tert-OH is 1. The van der Waals surface area contributed by atoms with Gasteiger partial charge in [-0.1, -0.05) is 0 Å². The molecule has 1 aliphatic rings. The molecule has 0 atom stereocenters. The Kier molecular flexibility index (Phi) is 1.75. The van der Waals surface area contributed by atoms with Crippen molar-refractivity contribution < 1.29 is 9.67 Å². The van der Waals surface area contributed by atoms with Crippen LogP contribution in [-0.4, -0.2) is 5.11 Å². The minimum absolute atomic E-state index is 0.120. The third-order valence-electron chi connectivity index (χ3n) is 2.21. The number of aryl methyl sites for hydroxylation is 1. The number of nitriles is 1. The number of fused-ring (bicyclic) bond motifs is 1. The third kappa shape index (κ3) is 1.17. The fraction of sp³-hybridized carbons (Fsp3) is 0.200. The molecular formula is C10H9N2O+. The number of pyridine rings is 1. The molecule has 0 unspecified atom stereocenters. The molecular weight excluding hydrogens is 164 g/mol. The summed E-state index contributed by atoms with van der Waals surface area (Å²) >= 11 is 0. The molecule has 0 bridgehead atoms. The summed E-state index contributed by atoms with van der Waals surface area (Å²) in [5.74, 6) is 0.120. The first-order valence-corrected chi connectivity index (χ1v) is 4.14. The second-order valence-corrected chi connectivity index (χ2v) is 2.97. The van der Waals surface area contributed by atoms with Gasteiger partial charge >= 0.3 is 0 Å². The van der Waals surface area contributed by atoms with Gasteiger partial charge in [0.05, 0.1) is 11.6 Å². The van der Waals surface area contributed by atoms with Gasteiger partial charge in [0.1, 0.15) is 0 Å². The first kappa shape index (κ1) is 7.81. The van der Waals surface area contributed by atoms with E-state index in [2.05, 4.69) is 0 Å². The molecule has 2 rings (SSSR count). The molecule has 2 heterocycles. The van der Waals surface area contributed by atoms with Crippen LogP contribution >= 0.6 is 0 Å². The first-order chi connectivity index (χ1) is 6.33. The van der Waals surface area contributed by atoms with Crippen molar-refractivity contribution in [2.45, 2.75) is 13.0 Å². The molecule has 0 saturated carbocycles. The normalized spacial score (nSPS) is 15.0. The topological polar surface area (TPSA) is 47.9 Å². The summed E-state index contributed by atoms with van der Waals surface area (Å²) in [7, 11) is 0.